The van der Waals surface area contributed by atoms with Crippen LogP contribution in [0.4, 0.5) is 9.18 Å². The zero-order valence-electron chi connectivity index (χ0n) is 14.3. The van der Waals surface area contributed by atoms with Gasteiger partial charge in [0.25, 0.3) is 0 Å². The van der Waals surface area contributed by atoms with E-state index in [4.69, 9.17) is 9.47 Å². The van der Waals surface area contributed by atoms with Gasteiger partial charge in [-0.1, -0.05) is 0 Å². The second kappa shape index (κ2) is 6.21. The molecule has 1 amide bonds. The van der Waals surface area contributed by atoms with Gasteiger partial charge in [0.1, 0.15) is 22.8 Å². The highest BCUT2D eigenvalue weighted by Gasteiger charge is 2.41. The van der Waals surface area contributed by atoms with Crippen LogP contribution in [0.25, 0.3) is 0 Å². The second-order valence-electron chi connectivity index (χ2n) is 7.59. The van der Waals surface area contributed by atoms with Gasteiger partial charge in [-0.3, -0.25) is 0 Å². The number of fused-ring (bicyclic) bond motifs is 1. The van der Waals surface area contributed by atoms with Crippen molar-refractivity contribution in [3.05, 3.63) is 28.0 Å². The van der Waals surface area contributed by atoms with Gasteiger partial charge in [0.2, 0.25) is 0 Å². The molecule has 2 aliphatic heterocycles. The third kappa shape index (κ3) is 3.53. The van der Waals surface area contributed by atoms with Gasteiger partial charge in [-0.25, -0.2) is 9.18 Å². The van der Waals surface area contributed by atoms with Crippen molar-refractivity contribution in [1.82, 2.24) is 4.90 Å². The van der Waals surface area contributed by atoms with Crippen LogP contribution in [0.5, 0.6) is 5.75 Å². The highest BCUT2D eigenvalue weighted by Crippen LogP contribution is 2.41. The average Bonchev–Trinajstić information content (AvgIpc) is 2.50. The number of carbonyl (C=O) groups is 1. The zero-order chi connectivity index (χ0) is 17.5. The first-order valence-electron chi connectivity index (χ1n) is 8.33. The van der Waals surface area contributed by atoms with Crippen LogP contribution < -0.4 is 4.74 Å². The van der Waals surface area contributed by atoms with Crippen LogP contribution in [-0.2, 0) is 11.2 Å². The van der Waals surface area contributed by atoms with E-state index in [-0.39, 0.29) is 17.5 Å². The summed E-state index contributed by atoms with van der Waals surface area (Å²) < 4.78 is 26.3. The summed E-state index contributed by atoms with van der Waals surface area (Å²) in [7, 11) is 0. The number of hydrogen-bond donors (Lipinski definition) is 0. The van der Waals surface area contributed by atoms with Crippen molar-refractivity contribution in [2.75, 3.05) is 13.1 Å². The number of piperidine rings is 1. The van der Waals surface area contributed by atoms with E-state index in [0.29, 0.717) is 35.3 Å². The van der Waals surface area contributed by atoms with E-state index in [1.807, 2.05) is 26.8 Å². The number of ether oxygens (including phenoxy) is 2. The largest absolute Gasteiger partial charge is 0.487 e. The molecule has 0 unspecified atom stereocenters. The molecule has 0 N–H and O–H groups in total. The summed E-state index contributed by atoms with van der Waals surface area (Å²) in [5.41, 5.74) is -0.145. The quantitative estimate of drug-likeness (QED) is 0.635. The third-order valence-corrected chi connectivity index (χ3v) is 5.25. The predicted molar refractivity (Wildman–Crippen MR) is 92.8 cm³/mol. The Morgan fingerprint density at radius 1 is 1.29 bits per heavy atom. The van der Waals surface area contributed by atoms with Gasteiger partial charge in [0.15, 0.2) is 0 Å². The fourth-order valence-electron chi connectivity index (χ4n) is 3.32. The van der Waals surface area contributed by atoms with Gasteiger partial charge >= 0.3 is 6.09 Å². The Morgan fingerprint density at radius 3 is 2.58 bits per heavy atom. The first-order chi connectivity index (χ1) is 11.2. The minimum absolute atomic E-state index is 0.228. The zero-order valence-corrected chi connectivity index (χ0v) is 15.9. The molecule has 0 atom stereocenters. The Hall–Kier alpha value is -1.30. The van der Waals surface area contributed by atoms with E-state index in [1.165, 1.54) is 0 Å². The number of halogens is 2. The van der Waals surface area contributed by atoms with Crippen LogP contribution in [0.15, 0.2) is 16.6 Å². The summed E-state index contributed by atoms with van der Waals surface area (Å²) in [5, 5.41) is 0. The van der Waals surface area contributed by atoms with E-state index in [2.05, 4.69) is 15.9 Å². The van der Waals surface area contributed by atoms with Crippen molar-refractivity contribution in [1.29, 1.82) is 0 Å². The molecular weight excluding hydrogens is 377 g/mol. The molecule has 4 nitrogen and oxygen atoms in total. The Morgan fingerprint density at radius 2 is 1.96 bits per heavy atom. The van der Waals surface area contributed by atoms with Crippen LogP contribution in [0.3, 0.4) is 0 Å². The maximum atomic E-state index is 14.2. The lowest BCUT2D eigenvalue weighted by molar-refractivity contribution is -0.0276. The molecule has 1 saturated heterocycles. The maximum Gasteiger partial charge on any atom is 0.410 e. The molecule has 1 fully saturated rings. The molecule has 1 aromatic rings. The van der Waals surface area contributed by atoms with Crippen molar-refractivity contribution < 1.29 is 18.7 Å². The standard InChI is InChI=1S/C18H23BrFNO3/c1-17(2,3)24-16(22)21-10-8-18(9-11-21)7-6-12-14(23-18)5-4-13(19)15(12)20/h4-5H,6-11H2,1-3H3. The first-order valence-corrected chi connectivity index (χ1v) is 9.12. The number of carbonyl (C=O) groups excluding carboxylic acids is 1. The lowest BCUT2D eigenvalue weighted by Gasteiger charge is -2.44. The molecule has 24 heavy (non-hydrogen) atoms. The topological polar surface area (TPSA) is 38.8 Å². The fourth-order valence-corrected chi connectivity index (χ4v) is 3.69. The summed E-state index contributed by atoms with van der Waals surface area (Å²) in [5.74, 6) is 0.404. The van der Waals surface area contributed by atoms with E-state index in [1.54, 1.807) is 11.0 Å². The normalized spacial score (nSPS) is 19.6. The smallest absolute Gasteiger partial charge is 0.410 e. The Balaban J connectivity index is 1.66. The molecule has 0 aromatic heterocycles. The van der Waals surface area contributed by atoms with Crippen molar-refractivity contribution >= 4 is 22.0 Å². The molecule has 2 heterocycles. The first kappa shape index (κ1) is 17.5. The summed E-state index contributed by atoms with van der Waals surface area (Å²) >= 11 is 3.22. The van der Waals surface area contributed by atoms with E-state index in [9.17, 15) is 9.18 Å². The molecule has 6 heteroatoms. The Labute approximate surface area is 150 Å². The molecule has 0 aliphatic carbocycles. The van der Waals surface area contributed by atoms with Gasteiger partial charge in [-0.2, -0.15) is 0 Å². The van der Waals surface area contributed by atoms with E-state index < -0.39 is 5.60 Å². The SMILES string of the molecule is CC(C)(C)OC(=O)N1CCC2(CCc3c(ccc(Br)c3F)O2)CC1. The summed E-state index contributed by atoms with van der Waals surface area (Å²) in [6, 6.07) is 3.51. The molecule has 3 rings (SSSR count). The number of amides is 1. The van der Waals surface area contributed by atoms with Gasteiger partial charge in [-0.05, 0) is 61.7 Å². The van der Waals surface area contributed by atoms with Gasteiger partial charge in [0.05, 0.1) is 4.47 Å². The molecule has 1 spiro atoms. The second-order valence-corrected chi connectivity index (χ2v) is 8.44. The molecular formula is C18H23BrFNO3. The van der Waals surface area contributed by atoms with Crippen molar-refractivity contribution in [2.45, 2.75) is 57.7 Å². The van der Waals surface area contributed by atoms with Crippen molar-refractivity contribution in [3.8, 4) is 5.75 Å². The highest BCUT2D eigenvalue weighted by molar-refractivity contribution is 9.10. The third-order valence-electron chi connectivity index (χ3n) is 4.64. The van der Waals surface area contributed by atoms with Gasteiger partial charge < -0.3 is 14.4 Å². The van der Waals surface area contributed by atoms with E-state index in [0.717, 1.165) is 19.3 Å². The average molecular weight is 400 g/mol. The highest BCUT2D eigenvalue weighted by atomic mass is 79.9. The molecule has 2 aliphatic rings. The van der Waals surface area contributed by atoms with Crippen LogP contribution in [0.1, 0.15) is 45.6 Å². The minimum atomic E-state index is -0.489. The molecule has 1 aromatic carbocycles. The van der Waals surface area contributed by atoms with Gasteiger partial charge in [0, 0.05) is 31.5 Å². The number of likely N-dealkylation sites (tertiary alicyclic amines) is 1. The number of hydrogen-bond acceptors (Lipinski definition) is 3. The lowest BCUT2D eigenvalue weighted by Crippen LogP contribution is -2.52. The lowest BCUT2D eigenvalue weighted by atomic mass is 9.83. The molecule has 0 radical (unpaired) electrons. The number of nitrogens with zero attached hydrogens (tertiary/aromatic N) is 1. The van der Waals surface area contributed by atoms with Crippen molar-refractivity contribution in [2.24, 2.45) is 0 Å². The summed E-state index contributed by atoms with van der Waals surface area (Å²) in [6.07, 6.45) is 2.64. The number of rotatable bonds is 0. The van der Waals surface area contributed by atoms with E-state index >= 15 is 0 Å². The maximum absolute atomic E-state index is 14.2. The molecule has 0 bridgehead atoms. The summed E-state index contributed by atoms with van der Waals surface area (Å²) in [6.45, 7) is 6.80. The van der Waals surface area contributed by atoms with Crippen molar-refractivity contribution in [3.63, 3.8) is 0 Å². The predicted octanol–water partition coefficient (Wildman–Crippen LogP) is 4.68. The molecule has 0 saturated carbocycles. The Bertz CT molecular complexity index is 648. The van der Waals surface area contributed by atoms with Gasteiger partial charge in [-0.15, -0.1) is 0 Å². The van der Waals surface area contributed by atoms with Crippen LogP contribution in [0, 0.1) is 5.82 Å². The summed E-state index contributed by atoms with van der Waals surface area (Å²) in [4.78, 5) is 13.9. The minimum Gasteiger partial charge on any atom is -0.487 e. The molecule has 132 valence electrons. The fraction of sp³-hybridized carbons (Fsp3) is 0.611. The van der Waals surface area contributed by atoms with Crippen LogP contribution in [0.2, 0.25) is 0 Å². The monoisotopic (exact) mass is 399 g/mol. The van der Waals surface area contributed by atoms with Crippen LogP contribution >= 0.6 is 15.9 Å². The van der Waals surface area contributed by atoms with Crippen LogP contribution in [-0.4, -0.2) is 35.3 Å². The number of benzene rings is 1. The Kier molecular flexibility index (Phi) is 4.53.